The van der Waals surface area contributed by atoms with E-state index in [1.165, 1.54) is 12.1 Å². The Bertz CT molecular complexity index is 379. The largest absolute Gasteiger partial charge is 0.491 e. The van der Waals surface area contributed by atoms with Gasteiger partial charge in [-0.25, -0.2) is 4.39 Å². The minimum atomic E-state index is -0.577. The van der Waals surface area contributed by atoms with Crippen LogP contribution in [0, 0.1) is 5.82 Å². The van der Waals surface area contributed by atoms with E-state index in [1.807, 2.05) is 0 Å². The highest BCUT2D eigenvalue weighted by molar-refractivity contribution is 5.22. The molecule has 1 aliphatic carbocycles. The van der Waals surface area contributed by atoms with Gasteiger partial charge in [0.2, 0.25) is 0 Å². The van der Waals surface area contributed by atoms with Gasteiger partial charge in [-0.1, -0.05) is 0 Å². The van der Waals surface area contributed by atoms with E-state index >= 15 is 0 Å². The molecule has 4 nitrogen and oxygen atoms in total. The number of aliphatic hydroxyl groups excluding tert-OH is 1. The van der Waals surface area contributed by atoms with Gasteiger partial charge in [-0.2, -0.15) is 0 Å². The summed E-state index contributed by atoms with van der Waals surface area (Å²) in [5.41, 5.74) is 0. The molecule has 2 N–H and O–H groups in total. The molecule has 1 atom stereocenters. The molecule has 0 aromatic heterocycles. The third-order valence-electron chi connectivity index (χ3n) is 3.33. The van der Waals surface area contributed by atoms with Gasteiger partial charge in [-0.05, 0) is 37.1 Å². The number of halogens is 1. The molecule has 0 heterocycles. The average Bonchev–Trinajstić information content (AvgIpc) is 2.36. The first kappa shape index (κ1) is 14.2. The normalized spacial score (nSPS) is 23.7. The number of aliphatic hydroxyl groups is 1. The Morgan fingerprint density at radius 2 is 2.05 bits per heavy atom. The monoisotopic (exact) mass is 269 g/mol. The van der Waals surface area contributed by atoms with Crippen molar-refractivity contribution in [2.45, 2.75) is 31.1 Å². The molecule has 0 aliphatic heterocycles. The summed E-state index contributed by atoms with van der Waals surface area (Å²) in [4.78, 5) is 0. The molecule has 0 bridgehead atoms. The number of benzene rings is 1. The maximum Gasteiger partial charge on any atom is 0.123 e. The molecular formula is C14H20FNO3. The van der Waals surface area contributed by atoms with E-state index in [4.69, 9.17) is 9.47 Å². The van der Waals surface area contributed by atoms with Crippen molar-refractivity contribution < 1.29 is 19.0 Å². The van der Waals surface area contributed by atoms with Crippen molar-refractivity contribution in [3.05, 3.63) is 30.1 Å². The van der Waals surface area contributed by atoms with E-state index < -0.39 is 6.10 Å². The number of methoxy groups -OCH3 is 1. The van der Waals surface area contributed by atoms with Crippen LogP contribution in [0.4, 0.5) is 4.39 Å². The van der Waals surface area contributed by atoms with E-state index in [-0.39, 0.29) is 12.4 Å². The molecule has 0 amide bonds. The van der Waals surface area contributed by atoms with Gasteiger partial charge in [0, 0.05) is 19.7 Å². The van der Waals surface area contributed by atoms with Crippen LogP contribution in [-0.4, -0.2) is 43.6 Å². The van der Waals surface area contributed by atoms with E-state index in [1.54, 1.807) is 19.2 Å². The van der Waals surface area contributed by atoms with Crippen molar-refractivity contribution in [1.29, 1.82) is 0 Å². The van der Waals surface area contributed by atoms with Crippen molar-refractivity contribution in [1.82, 2.24) is 5.32 Å². The maximum absolute atomic E-state index is 12.7. The van der Waals surface area contributed by atoms with Crippen LogP contribution in [-0.2, 0) is 4.74 Å². The molecule has 1 aromatic carbocycles. The molecule has 1 aromatic rings. The lowest BCUT2D eigenvalue weighted by atomic mass is 9.89. The molecule has 0 saturated heterocycles. The lowest BCUT2D eigenvalue weighted by molar-refractivity contribution is 0.0117. The second-order valence-electron chi connectivity index (χ2n) is 4.85. The van der Waals surface area contributed by atoms with Gasteiger partial charge in [0.05, 0.1) is 6.10 Å². The molecule has 5 heteroatoms. The zero-order valence-corrected chi connectivity index (χ0v) is 11.0. The molecule has 1 fully saturated rings. The Hall–Kier alpha value is -1.17. The van der Waals surface area contributed by atoms with Crippen molar-refractivity contribution in [3.63, 3.8) is 0 Å². The molecule has 1 saturated carbocycles. The van der Waals surface area contributed by atoms with Gasteiger partial charge in [0.25, 0.3) is 0 Å². The summed E-state index contributed by atoms with van der Waals surface area (Å²) in [6, 6.07) is 6.18. The molecule has 1 unspecified atom stereocenters. The summed E-state index contributed by atoms with van der Waals surface area (Å²) in [5.74, 6) is 0.260. The van der Waals surface area contributed by atoms with Crippen LogP contribution in [0.15, 0.2) is 24.3 Å². The first-order valence-electron chi connectivity index (χ1n) is 6.50. The number of hydrogen-bond donors (Lipinski definition) is 2. The average molecular weight is 269 g/mol. The molecule has 2 rings (SSSR count). The topological polar surface area (TPSA) is 50.7 Å². The third kappa shape index (κ3) is 4.45. The van der Waals surface area contributed by atoms with Gasteiger partial charge in [-0.15, -0.1) is 0 Å². The Labute approximate surface area is 112 Å². The van der Waals surface area contributed by atoms with Crippen LogP contribution in [0.5, 0.6) is 5.75 Å². The minimum absolute atomic E-state index is 0.194. The van der Waals surface area contributed by atoms with Gasteiger partial charge >= 0.3 is 0 Å². The van der Waals surface area contributed by atoms with Crippen LogP contribution >= 0.6 is 0 Å². The maximum atomic E-state index is 12.7. The standard InChI is InChI=1S/C14H20FNO3/c1-18-14-6-11(7-14)16-8-12(17)9-19-13-4-2-10(15)3-5-13/h2-5,11-12,14,16-17H,6-9H2,1H3. The van der Waals surface area contributed by atoms with Crippen molar-refractivity contribution in [2.24, 2.45) is 0 Å². The third-order valence-corrected chi connectivity index (χ3v) is 3.33. The SMILES string of the molecule is COC1CC(NCC(O)COc2ccc(F)cc2)C1. The van der Waals surface area contributed by atoms with Crippen molar-refractivity contribution >= 4 is 0 Å². The molecule has 0 radical (unpaired) electrons. The highest BCUT2D eigenvalue weighted by Crippen LogP contribution is 2.22. The van der Waals surface area contributed by atoms with E-state index in [9.17, 15) is 9.50 Å². The number of hydrogen-bond acceptors (Lipinski definition) is 4. The van der Waals surface area contributed by atoms with Crippen molar-refractivity contribution in [2.75, 3.05) is 20.3 Å². The number of ether oxygens (including phenoxy) is 2. The van der Waals surface area contributed by atoms with E-state index in [2.05, 4.69) is 5.32 Å². The molecule has 19 heavy (non-hydrogen) atoms. The van der Waals surface area contributed by atoms with Gasteiger partial charge in [0.15, 0.2) is 0 Å². The fourth-order valence-corrected chi connectivity index (χ4v) is 2.01. The second kappa shape index (κ2) is 6.84. The lowest BCUT2D eigenvalue weighted by Gasteiger charge is -2.35. The van der Waals surface area contributed by atoms with Crippen molar-refractivity contribution in [3.8, 4) is 5.75 Å². The minimum Gasteiger partial charge on any atom is -0.491 e. The number of nitrogens with one attached hydrogen (secondary N) is 1. The van der Waals surface area contributed by atoms with Gasteiger partial charge < -0.3 is 19.9 Å². The summed E-state index contributed by atoms with van der Waals surface area (Å²) >= 11 is 0. The summed E-state index contributed by atoms with van der Waals surface area (Å²) < 4.78 is 23.2. The second-order valence-corrected chi connectivity index (χ2v) is 4.85. The predicted octanol–water partition coefficient (Wildman–Crippen LogP) is 1.33. The highest BCUT2D eigenvalue weighted by Gasteiger charge is 2.28. The van der Waals surface area contributed by atoms with Gasteiger partial charge in [-0.3, -0.25) is 0 Å². The zero-order valence-electron chi connectivity index (χ0n) is 11.0. The van der Waals surface area contributed by atoms with Gasteiger partial charge in [0.1, 0.15) is 24.3 Å². The lowest BCUT2D eigenvalue weighted by Crippen LogP contribution is -2.48. The summed E-state index contributed by atoms with van der Waals surface area (Å²) in [6.45, 7) is 0.682. The van der Waals surface area contributed by atoms with Crippen LogP contribution < -0.4 is 10.1 Å². The Kier molecular flexibility index (Phi) is 5.13. The smallest absolute Gasteiger partial charge is 0.123 e. The summed E-state index contributed by atoms with van der Waals surface area (Å²) in [7, 11) is 1.71. The Morgan fingerprint density at radius 3 is 2.68 bits per heavy atom. The summed E-state index contributed by atoms with van der Waals surface area (Å²) in [6.07, 6.45) is 1.75. The highest BCUT2D eigenvalue weighted by atomic mass is 19.1. The molecule has 106 valence electrons. The first-order chi connectivity index (χ1) is 9.17. The van der Waals surface area contributed by atoms with E-state index in [0.717, 1.165) is 12.8 Å². The van der Waals surface area contributed by atoms with Crippen LogP contribution in [0.2, 0.25) is 0 Å². The Morgan fingerprint density at radius 1 is 1.37 bits per heavy atom. The Balaban J connectivity index is 1.59. The first-order valence-corrected chi connectivity index (χ1v) is 6.50. The quantitative estimate of drug-likeness (QED) is 0.784. The molecular weight excluding hydrogens is 249 g/mol. The van der Waals surface area contributed by atoms with E-state index in [0.29, 0.717) is 24.4 Å². The summed E-state index contributed by atoms with van der Waals surface area (Å²) in [5, 5.41) is 13.0. The van der Waals surface area contributed by atoms with Crippen LogP contribution in [0.3, 0.4) is 0 Å². The fraction of sp³-hybridized carbons (Fsp3) is 0.571. The zero-order chi connectivity index (χ0) is 13.7. The fourth-order valence-electron chi connectivity index (χ4n) is 2.01. The molecule has 1 aliphatic rings. The number of rotatable bonds is 7. The van der Waals surface area contributed by atoms with Crippen LogP contribution in [0.25, 0.3) is 0 Å². The van der Waals surface area contributed by atoms with Crippen LogP contribution in [0.1, 0.15) is 12.8 Å². The predicted molar refractivity (Wildman–Crippen MR) is 69.7 cm³/mol. The molecule has 0 spiro atoms.